The first-order chi connectivity index (χ1) is 10.1. The summed E-state index contributed by atoms with van der Waals surface area (Å²) in [5.41, 5.74) is 8.71. The van der Waals surface area contributed by atoms with Crippen LogP contribution in [0.25, 0.3) is 0 Å². The molecule has 0 radical (unpaired) electrons. The molecule has 2 aromatic carbocycles. The van der Waals surface area contributed by atoms with Crippen molar-refractivity contribution in [2.24, 2.45) is 0 Å². The van der Waals surface area contributed by atoms with E-state index in [-0.39, 0.29) is 18.3 Å². The molecule has 0 atom stereocenters. The van der Waals surface area contributed by atoms with Gasteiger partial charge in [-0.15, -0.1) is 0 Å². The number of carbonyl (C=O) groups is 1. The van der Waals surface area contributed by atoms with E-state index in [2.05, 4.69) is 0 Å². The number of carbonyl (C=O) groups excluding carboxylic acids is 1. The summed E-state index contributed by atoms with van der Waals surface area (Å²) in [5, 5.41) is 0.506. The molecule has 2 N–H and O–H groups in total. The van der Waals surface area contributed by atoms with Gasteiger partial charge in [0, 0.05) is 22.7 Å². The number of hydrogen-bond acceptors (Lipinski definition) is 2. The molecule has 1 aliphatic rings. The van der Waals surface area contributed by atoms with Crippen molar-refractivity contribution in [3.8, 4) is 0 Å². The number of rotatable bonds is 2. The number of anilines is 2. The van der Waals surface area contributed by atoms with E-state index in [4.69, 9.17) is 17.3 Å². The van der Waals surface area contributed by atoms with E-state index in [9.17, 15) is 9.18 Å². The Morgan fingerprint density at radius 1 is 1.24 bits per heavy atom. The number of halogens is 2. The molecule has 0 bridgehead atoms. The summed E-state index contributed by atoms with van der Waals surface area (Å²) in [7, 11) is 0. The van der Waals surface area contributed by atoms with Crippen LogP contribution in [0.2, 0.25) is 5.02 Å². The highest BCUT2D eigenvalue weighted by Gasteiger charge is 2.25. The Hall–Kier alpha value is -2.07. The van der Waals surface area contributed by atoms with Crippen molar-refractivity contribution in [1.82, 2.24) is 0 Å². The molecule has 0 fully saturated rings. The van der Waals surface area contributed by atoms with Gasteiger partial charge in [-0.1, -0.05) is 23.7 Å². The number of benzene rings is 2. The highest BCUT2D eigenvalue weighted by molar-refractivity contribution is 6.31. The van der Waals surface area contributed by atoms with Crippen molar-refractivity contribution in [2.45, 2.75) is 19.4 Å². The number of hydrogen-bond donors (Lipinski definition) is 1. The van der Waals surface area contributed by atoms with Crippen molar-refractivity contribution in [3.63, 3.8) is 0 Å². The van der Waals surface area contributed by atoms with Crippen molar-refractivity contribution < 1.29 is 9.18 Å². The second-order valence-electron chi connectivity index (χ2n) is 5.06. The average Bonchev–Trinajstić information content (AvgIpc) is 2.45. The zero-order valence-electron chi connectivity index (χ0n) is 11.3. The molecule has 0 unspecified atom stereocenters. The van der Waals surface area contributed by atoms with E-state index in [1.807, 2.05) is 0 Å². The van der Waals surface area contributed by atoms with Gasteiger partial charge in [0.25, 0.3) is 0 Å². The van der Waals surface area contributed by atoms with E-state index in [1.165, 1.54) is 12.1 Å². The van der Waals surface area contributed by atoms with Gasteiger partial charge in [-0.3, -0.25) is 4.79 Å². The summed E-state index contributed by atoms with van der Waals surface area (Å²) >= 11 is 6.16. The Bertz CT molecular complexity index is 697. The molecular weight excluding hydrogens is 291 g/mol. The average molecular weight is 305 g/mol. The molecule has 0 aliphatic carbocycles. The lowest BCUT2D eigenvalue weighted by atomic mass is 10.00. The molecule has 2 aromatic rings. The Kier molecular flexibility index (Phi) is 3.55. The lowest BCUT2D eigenvalue weighted by Crippen LogP contribution is -2.35. The first-order valence-electron chi connectivity index (χ1n) is 6.68. The van der Waals surface area contributed by atoms with Crippen LogP contribution in [0.4, 0.5) is 15.8 Å². The summed E-state index contributed by atoms with van der Waals surface area (Å²) in [6.45, 7) is 0.251. The van der Waals surface area contributed by atoms with Crippen LogP contribution in [0.5, 0.6) is 0 Å². The van der Waals surface area contributed by atoms with Gasteiger partial charge in [0.15, 0.2) is 0 Å². The molecule has 0 aromatic heterocycles. The van der Waals surface area contributed by atoms with Crippen LogP contribution in [0.1, 0.15) is 17.5 Å². The highest BCUT2D eigenvalue weighted by Crippen LogP contribution is 2.32. The zero-order chi connectivity index (χ0) is 15.0. The first kappa shape index (κ1) is 13.9. The van der Waals surface area contributed by atoms with Gasteiger partial charge < -0.3 is 10.6 Å². The molecule has 3 rings (SSSR count). The maximum atomic E-state index is 13.5. The van der Waals surface area contributed by atoms with Crippen LogP contribution in [0.15, 0.2) is 36.4 Å². The fourth-order valence-electron chi connectivity index (χ4n) is 2.58. The minimum absolute atomic E-state index is 0.0487. The van der Waals surface area contributed by atoms with Crippen LogP contribution >= 0.6 is 11.6 Å². The van der Waals surface area contributed by atoms with E-state index in [0.717, 1.165) is 5.56 Å². The predicted octanol–water partition coefficient (Wildman–Crippen LogP) is 3.54. The van der Waals surface area contributed by atoms with Crippen molar-refractivity contribution in [2.75, 3.05) is 10.6 Å². The Labute approximate surface area is 127 Å². The first-order valence-corrected chi connectivity index (χ1v) is 7.05. The van der Waals surface area contributed by atoms with Crippen LogP contribution in [-0.2, 0) is 17.8 Å². The lowest BCUT2D eigenvalue weighted by molar-refractivity contribution is -0.119. The SMILES string of the molecule is Nc1cccc(Cl)c1CN1C(=O)CCc2ccc(F)cc21. The Morgan fingerprint density at radius 3 is 2.81 bits per heavy atom. The van der Waals surface area contributed by atoms with E-state index in [0.29, 0.717) is 34.8 Å². The molecular formula is C16H14ClFN2O. The highest BCUT2D eigenvalue weighted by atomic mass is 35.5. The number of aryl methyl sites for hydroxylation is 1. The topological polar surface area (TPSA) is 46.3 Å². The van der Waals surface area contributed by atoms with E-state index in [1.54, 1.807) is 29.2 Å². The van der Waals surface area contributed by atoms with Crippen LogP contribution in [0, 0.1) is 5.82 Å². The molecule has 3 nitrogen and oxygen atoms in total. The number of nitrogen functional groups attached to an aromatic ring is 1. The third kappa shape index (κ3) is 2.59. The minimum atomic E-state index is -0.361. The maximum Gasteiger partial charge on any atom is 0.227 e. The monoisotopic (exact) mass is 304 g/mol. The number of nitrogens with two attached hydrogens (primary N) is 1. The van der Waals surface area contributed by atoms with Gasteiger partial charge >= 0.3 is 0 Å². The summed E-state index contributed by atoms with van der Waals surface area (Å²) in [5.74, 6) is -0.409. The predicted molar refractivity (Wildman–Crippen MR) is 81.8 cm³/mol. The zero-order valence-corrected chi connectivity index (χ0v) is 12.0. The molecule has 21 heavy (non-hydrogen) atoms. The van der Waals surface area contributed by atoms with Gasteiger partial charge in [-0.05, 0) is 36.2 Å². The molecule has 5 heteroatoms. The van der Waals surface area contributed by atoms with Crippen LogP contribution in [-0.4, -0.2) is 5.91 Å². The summed E-state index contributed by atoms with van der Waals surface area (Å²) in [6.07, 6.45) is 1.03. The van der Waals surface area contributed by atoms with Crippen molar-refractivity contribution in [1.29, 1.82) is 0 Å². The van der Waals surface area contributed by atoms with Gasteiger partial charge in [0.2, 0.25) is 5.91 Å². The maximum absolute atomic E-state index is 13.5. The smallest absolute Gasteiger partial charge is 0.227 e. The third-order valence-electron chi connectivity index (χ3n) is 3.72. The quantitative estimate of drug-likeness (QED) is 0.863. The number of amides is 1. The third-order valence-corrected chi connectivity index (χ3v) is 4.07. The number of fused-ring (bicyclic) bond motifs is 1. The van der Waals surface area contributed by atoms with E-state index < -0.39 is 0 Å². The summed E-state index contributed by atoms with van der Waals surface area (Å²) in [6, 6.07) is 9.75. The second kappa shape index (κ2) is 5.37. The van der Waals surface area contributed by atoms with Crippen LogP contribution < -0.4 is 10.6 Å². The molecule has 1 heterocycles. The fraction of sp³-hybridized carbons (Fsp3) is 0.188. The van der Waals surface area contributed by atoms with Crippen molar-refractivity contribution >= 4 is 28.9 Å². The van der Waals surface area contributed by atoms with Crippen molar-refractivity contribution in [3.05, 3.63) is 58.4 Å². The van der Waals surface area contributed by atoms with Crippen LogP contribution in [0.3, 0.4) is 0 Å². The van der Waals surface area contributed by atoms with Gasteiger partial charge in [0.05, 0.1) is 12.2 Å². The largest absolute Gasteiger partial charge is 0.398 e. The Morgan fingerprint density at radius 2 is 2.05 bits per heavy atom. The standard InChI is InChI=1S/C16H14ClFN2O/c17-13-2-1-3-14(19)12(13)9-20-15-8-11(18)6-4-10(15)5-7-16(20)21/h1-4,6,8H,5,7,9,19H2. The molecule has 0 saturated heterocycles. The fourth-order valence-corrected chi connectivity index (χ4v) is 2.83. The van der Waals surface area contributed by atoms with E-state index >= 15 is 0 Å². The molecule has 1 aliphatic heterocycles. The van der Waals surface area contributed by atoms with Gasteiger partial charge in [-0.2, -0.15) is 0 Å². The number of nitrogens with zero attached hydrogens (tertiary/aromatic N) is 1. The molecule has 0 spiro atoms. The van der Waals surface area contributed by atoms with Gasteiger partial charge in [-0.25, -0.2) is 4.39 Å². The molecule has 108 valence electrons. The van der Waals surface area contributed by atoms with Gasteiger partial charge in [0.1, 0.15) is 5.82 Å². The summed E-state index contributed by atoms with van der Waals surface area (Å²) < 4.78 is 13.5. The normalized spacial score (nSPS) is 14.2. The Balaban J connectivity index is 2.03. The lowest BCUT2D eigenvalue weighted by Gasteiger charge is -2.30. The minimum Gasteiger partial charge on any atom is -0.398 e. The molecule has 0 saturated carbocycles. The molecule has 1 amide bonds. The second-order valence-corrected chi connectivity index (χ2v) is 5.47. The summed E-state index contributed by atoms with van der Waals surface area (Å²) in [4.78, 5) is 13.8.